The summed E-state index contributed by atoms with van der Waals surface area (Å²) in [4.78, 5) is 11.1. The molecule has 1 aromatic heterocycles. The first kappa shape index (κ1) is 7.70. The van der Waals surface area contributed by atoms with E-state index in [1.54, 1.807) is 6.07 Å². The van der Waals surface area contributed by atoms with E-state index in [0.29, 0.717) is 6.04 Å². The number of thiophene rings is 1. The minimum atomic E-state index is -0.340. The van der Waals surface area contributed by atoms with E-state index in [0.717, 1.165) is 17.8 Å². The van der Waals surface area contributed by atoms with Crippen LogP contribution in [0.2, 0.25) is 0 Å². The van der Waals surface area contributed by atoms with Gasteiger partial charge in [0.25, 0.3) is 0 Å². The molecule has 5 heteroatoms. The molecule has 1 aliphatic heterocycles. The molecule has 1 aliphatic rings. The summed E-state index contributed by atoms with van der Waals surface area (Å²) in [6, 6.07) is 3.77. The molecule has 4 nitrogen and oxygen atoms in total. The molecule has 0 aromatic carbocycles. The molecule has 1 atom stereocenters. The van der Waals surface area contributed by atoms with Crippen molar-refractivity contribution < 1.29 is 4.92 Å². The van der Waals surface area contributed by atoms with Crippen LogP contribution in [0.5, 0.6) is 0 Å². The maximum atomic E-state index is 10.3. The Labute approximate surface area is 73.4 Å². The summed E-state index contributed by atoms with van der Waals surface area (Å²) >= 11 is 1.26. The van der Waals surface area contributed by atoms with Gasteiger partial charge in [0, 0.05) is 17.0 Å². The van der Waals surface area contributed by atoms with E-state index in [1.807, 2.05) is 6.07 Å². The SMILES string of the molecule is O=[N+]([O-])c1ccc([C@H]2CCN2)s1. The lowest BCUT2D eigenvalue weighted by Crippen LogP contribution is -2.34. The quantitative estimate of drug-likeness (QED) is 0.562. The molecule has 0 spiro atoms. The van der Waals surface area contributed by atoms with E-state index in [2.05, 4.69) is 5.32 Å². The van der Waals surface area contributed by atoms with Crippen molar-refractivity contribution in [3.8, 4) is 0 Å². The fraction of sp³-hybridized carbons (Fsp3) is 0.429. The Bertz CT molecular complexity index is 306. The smallest absolute Gasteiger partial charge is 0.309 e. The van der Waals surface area contributed by atoms with E-state index in [-0.39, 0.29) is 9.92 Å². The summed E-state index contributed by atoms with van der Waals surface area (Å²) in [6.07, 6.45) is 1.09. The van der Waals surface area contributed by atoms with E-state index in [1.165, 1.54) is 11.3 Å². The third kappa shape index (κ3) is 1.21. The number of nitro groups is 1. The zero-order chi connectivity index (χ0) is 8.55. The van der Waals surface area contributed by atoms with Gasteiger partial charge >= 0.3 is 5.00 Å². The van der Waals surface area contributed by atoms with Gasteiger partial charge in [-0.1, -0.05) is 11.3 Å². The second-order valence-corrected chi connectivity index (χ2v) is 3.82. The molecular weight excluding hydrogens is 176 g/mol. The van der Waals surface area contributed by atoms with Crippen molar-refractivity contribution in [3.63, 3.8) is 0 Å². The van der Waals surface area contributed by atoms with Crippen LogP contribution >= 0.6 is 11.3 Å². The molecule has 0 unspecified atom stereocenters. The molecule has 0 radical (unpaired) electrons. The molecule has 0 amide bonds. The molecule has 0 aliphatic carbocycles. The van der Waals surface area contributed by atoms with Gasteiger partial charge in [0.1, 0.15) is 0 Å². The maximum Gasteiger partial charge on any atom is 0.324 e. The van der Waals surface area contributed by atoms with Gasteiger partial charge in [-0.3, -0.25) is 10.1 Å². The van der Waals surface area contributed by atoms with E-state index in [9.17, 15) is 10.1 Å². The van der Waals surface area contributed by atoms with E-state index < -0.39 is 0 Å². The fourth-order valence-corrected chi connectivity index (χ4v) is 2.09. The van der Waals surface area contributed by atoms with Gasteiger partial charge in [-0.25, -0.2) is 0 Å². The Morgan fingerprint density at radius 1 is 1.67 bits per heavy atom. The van der Waals surface area contributed by atoms with Gasteiger partial charge in [0.05, 0.1) is 4.92 Å². The van der Waals surface area contributed by atoms with Crippen molar-refractivity contribution in [2.45, 2.75) is 12.5 Å². The van der Waals surface area contributed by atoms with Crippen molar-refractivity contribution >= 4 is 16.3 Å². The van der Waals surface area contributed by atoms with Gasteiger partial charge in [0.2, 0.25) is 0 Å². The van der Waals surface area contributed by atoms with E-state index in [4.69, 9.17) is 0 Å². The molecule has 64 valence electrons. The average molecular weight is 184 g/mol. The second kappa shape index (κ2) is 2.84. The Morgan fingerprint density at radius 2 is 2.42 bits per heavy atom. The van der Waals surface area contributed by atoms with Crippen molar-refractivity contribution in [1.82, 2.24) is 5.32 Å². The zero-order valence-corrected chi connectivity index (χ0v) is 7.13. The Balaban J connectivity index is 2.17. The van der Waals surface area contributed by atoms with E-state index >= 15 is 0 Å². The predicted molar refractivity (Wildman–Crippen MR) is 46.3 cm³/mol. The van der Waals surface area contributed by atoms with Crippen LogP contribution in [0, 0.1) is 10.1 Å². The van der Waals surface area contributed by atoms with Crippen molar-refractivity contribution in [2.24, 2.45) is 0 Å². The highest BCUT2D eigenvalue weighted by Crippen LogP contribution is 2.32. The van der Waals surface area contributed by atoms with Crippen molar-refractivity contribution in [2.75, 3.05) is 6.54 Å². The first-order valence-corrected chi connectivity index (χ1v) is 4.56. The molecule has 0 bridgehead atoms. The van der Waals surface area contributed by atoms with Crippen LogP contribution in [0.3, 0.4) is 0 Å². The lowest BCUT2D eigenvalue weighted by Gasteiger charge is -2.25. The number of rotatable bonds is 2. The number of nitrogens with one attached hydrogen (secondary N) is 1. The van der Waals surface area contributed by atoms with Crippen LogP contribution in [0.1, 0.15) is 17.3 Å². The maximum absolute atomic E-state index is 10.3. The van der Waals surface area contributed by atoms with Gasteiger partial charge < -0.3 is 5.32 Å². The van der Waals surface area contributed by atoms with Gasteiger partial charge in [-0.2, -0.15) is 0 Å². The van der Waals surface area contributed by atoms with Crippen molar-refractivity contribution in [3.05, 3.63) is 27.1 Å². The molecule has 12 heavy (non-hydrogen) atoms. The minimum absolute atomic E-state index is 0.235. The van der Waals surface area contributed by atoms with Crippen LogP contribution in [0.15, 0.2) is 12.1 Å². The molecule has 1 saturated heterocycles. The van der Waals surface area contributed by atoms with Crippen LogP contribution in [-0.2, 0) is 0 Å². The lowest BCUT2D eigenvalue weighted by atomic mass is 10.1. The van der Waals surface area contributed by atoms with Gasteiger partial charge in [-0.15, -0.1) is 0 Å². The summed E-state index contributed by atoms with van der Waals surface area (Å²) in [5, 5.41) is 13.8. The fourth-order valence-electron chi connectivity index (χ4n) is 1.16. The monoisotopic (exact) mass is 184 g/mol. The highest BCUT2D eigenvalue weighted by Gasteiger charge is 2.22. The number of hydrogen-bond donors (Lipinski definition) is 1. The normalized spacial score (nSPS) is 21.8. The minimum Gasteiger partial charge on any atom is -0.309 e. The number of hydrogen-bond acceptors (Lipinski definition) is 4. The third-order valence-electron chi connectivity index (χ3n) is 1.96. The third-order valence-corrected chi connectivity index (χ3v) is 3.11. The molecule has 2 rings (SSSR count). The Morgan fingerprint density at radius 3 is 2.83 bits per heavy atom. The summed E-state index contributed by atoms with van der Waals surface area (Å²) in [5.74, 6) is 0. The highest BCUT2D eigenvalue weighted by molar-refractivity contribution is 7.15. The second-order valence-electron chi connectivity index (χ2n) is 2.73. The zero-order valence-electron chi connectivity index (χ0n) is 6.32. The Hall–Kier alpha value is -0.940. The van der Waals surface area contributed by atoms with Gasteiger partial charge in [-0.05, 0) is 19.0 Å². The standard InChI is InChI=1S/C7H8N2O2S/c10-9(11)7-2-1-6(12-7)5-3-4-8-5/h1-2,5,8H,3-4H2/t5-/m1/s1. The number of nitrogens with zero attached hydrogens (tertiary/aromatic N) is 1. The van der Waals surface area contributed by atoms with Crippen LogP contribution in [0.25, 0.3) is 0 Å². The highest BCUT2D eigenvalue weighted by atomic mass is 32.1. The Kier molecular flexibility index (Phi) is 1.82. The van der Waals surface area contributed by atoms with Gasteiger partial charge in [0.15, 0.2) is 0 Å². The average Bonchev–Trinajstić information content (AvgIpc) is 2.32. The molecule has 1 N–H and O–H groups in total. The summed E-state index contributed by atoms with van der Waals surface area (Å²) in [7, 11) is 0. The molecule has 1 fully saturated rings. The molecule has 0 saturated carbocycles. The van der Waals surface area contributed by atoms with Crippen LogP contribution in [-0.4, -0.2) is 11.5 Å². The topological polar surface area (TPSA) is 55.2 Å². The summed E-state index contributed by atoms with van der Waals surface area (Å²) in [5.41, 5.74) is 0. The summed E-state index contributed by atoms with van der Waals surface area (Å²) in [6.45, 7) is 1.02. The molecule has 1 aromatic rings. The molecular formula is C7H8N2O2S. The van der Waals surface area contributed by atoms with Crippen LogP contribution < -0.4 is 5.32 Å². The van der Waals surface area contributed by atoms with Crippen LogP contribution in [0.4, 0.5) is 5.00 Å². The largest absolute Gasteiger partial charge is 0.324 e. The van der Waals surface area contributed by atoms with Crippen molar-refractivity contribution in [1.29, 1.82) is 0 Å². The first-order chi connectivity index (χ1) is 5.77. The lowest BCUT2D eigenvalue weighted by molar-refractivity contribution is -0.380. The molecule has 2 heterocycles. The predicted octanol–water partition coefficient (Wildman–Crippen LogP) is 1.69. The summed E-state index contributed by atoms with van der Waals surface area (Å²) < 4.78 is 0. The first-order valence-electron chi connectivity index (χ1n) is 3.75.